The normalized spacial score (nSPS) is 16.9. The molecule has 1 aromatic carbocycles. The highest BCUT2D eigenvalue weighted by Gasteiger charge is 2.48. The Bertz CT molecular complexity index is 1260. The summed E-state index contributed by atoms with van der Waals surface area (Å²) in [7, 11) is 3.09. The zero-order valence-electron chi connectivity index (χ0n) is 20.7. The van der Waals surface area contributed by atoms with E-state index in [-0.39, 0.29) is 32.1 Å². The van der Waals surface area contributed by atoms with Crippen molar-refractivity contribution < 1.29 is 33.0 Å². The number of hydrogen-bond acceptors (Lipinski definition) is 7. The van der Waals surface area contributed by atoms with Gasteiger partial charge < -0.3 is 33.4 Å². The molecule has 0 saturated carbocycles. The molecule has 0 saturated heterocycles. The summed E-state index contributed by atoms with van der Waals surface area (Å²) >= 11 is 0. The van der Waals surface area contributed by atoms with E-state index in [0.717, 1.165) is 0 Å². The van der Waals surface area contributed by atoms with Gasteiger partial charge in [-0.05, 0) is 56.3 Å². The molecule has 1 aliphatic rings. The molecule has 0 fully saturated rings. The first kappa shape index (κ1) is 24.9. The second kappa shape index (κ2) is 10.2. The molecule has 4 rings (SSSR count). The number of nitrogens with one attached hydrogen (secondary N) is 1. The smallest absolute Gasteiger partial charge is 0.325 e. The molecule has 1 atom stereocenters. The summed E-state index contributed by atoms with van der Waals surface area (Å²) in [6, 6.07) is 12.3. The number of fused-ring (bicyclic) bond motifs is 1. The Kier molecular flexibility index (Phi) is 7.05. The molecule has 190 valence electrons. The maximum atomic E-state index is 13.8. The lowest BCUT2D eigenvalue weighted by Crippen LogP contribution is -2.64. The van der Waals surface area contributed by atoms with Gasteiger partial charge in [0.25, 0.3) is 5.91 Å². The Morgan fingerprint density at radius 1 is 1.11 bits per heavy atom. The van der Waals surface area contributed by atoms with Gasteiger partial charge >= 0.3 is 5.97 Å². The molecule has 0 bridgehead atoms. The lowest BCUT2D eigenvalue weighted by atomic mass is 9.93. The van der Waals surface area contributed by atoms with Crippen molar-refractivity contribution in [2.75, 3.05) is 27.4 Å². The summed E-state index contributed by atoms with van der Waals surface area (Å²) in [5.74, 6) is 0.317. The lowest BCUT2D eigenvalue weighted by Gasteiger charge is -2.44. The molecule has 10 heteroatoms. The van der Waals surface area contributed by atoms with Crippen LogP contribution in [0.1, 0.15) is 29.9 Å². The van der Waals surface area contributed by atoms with Gasteiger partial charge in [0.1, 0.15) is 35.0 Å². The minimum atomic E-state index is -1.36. The van der Waals surface area contributed by atoms with Gasteiger partial charge in [0.15, 0.2) is 0 Å². The fourth-order valence-corrected chi connectivity index (χ4v) is 4.39. The van der Waals surface area contributed by atoms with Crippen LogP contribution < -0.4 is 14.8 Å². The topological polar surface area (TPSA) is 112 Å². The molecule has 36 heavy (non-hydrogen) atoms. The number of furan rings is 1. The first-order valence-corrected chi connectivity index (χ1v) is 11.5. The van der Waals surface area contributed by atoms with Gasteiger partial charge in [0.2, 0.25) is 5.91 Å². The van der Waals surface area contributed by atoms with E-state index in [0.29, 0.717) is 34.2 Å². The van der Waals surface area contributed by atoms with Crippen LogP contribution in [0.15, 0.2) is 53.1 Å². The largest absolute Gasteiger partial charge is 0.497 e. The van der Waals surface area contributed by atoms with Crippen LogP contribution in [-0.2, 0) is 27.4 Å². The first-order valence-electron chi connectivity index (χ1n) is 11.5. The van der Waals surface area contributed by atoms with E-state index >= 15 is 0 Å². The van der Waals surface area contributed by atoms with E-state index in [1.807, 2.05) is 0 Å². The summed E-state index contributed by atoms with van der Waals surface area (Å²) in [6.45, 7) is 3.46. The third kappa shape index (κ3) is 4.53. The average Bonchev–Trinajstić information content (AvgIpc) is 3.55. The Morgan fingerprint density at radius 2 is 1.89 bits per heavy atom. The van der Waals surface area contributed by atoms with Crippen LogP contribution in [-0.4, -0.2) is 60.2 Å². The molecule has 1 N–H and O–H groups in total. The zero-order chi connectivity index (χ0) is 25.9. The van der Waals surface area contributed by atoms with Gasteiger partial charge in [0.05, 0.1) is 45.9 Å². The van der Waals surface area contributed by atoms with Crippen molar-refractivity contribution in [1.82, 2.24) is 14.8 Å². The summed E-state index contributed by atoms with van der Waals surface area (Å²) in [6.07, 6.45) is 1.55. The molecule has 1 unspecified atom stereocenters. The second-order valence-electron chi connectivity index (χ2n) is 8.50. The van der Waals surface area contributed by atoms with E-state index in [9.17, 15) is 14.4 Å². The summed E-state index contributed by atoms with van der Waals surface area (Å²) < 4.78 is 23.1. The van der Waals surface area contributed by atoms with E-state index in [1.165, 1.54) is 12.0 Å². The van der Waals surface area contributed by atoms with Crippen LogP contribution in [0.2, 0.25) is 0 Å². The van der Waals surface area contributed by atoms with Crippen molar-refractivity contribution in [2.45, 2.75) is 32.5 Å². The fraction of sp³-hybridized carbons (Fsp3) is 0.346. The number of rotatable bonds is 9. The number of methoxy groups -OCH3 is 2. The highest BCUT2D eigenvalue weighted by molar-refractivity contribution is 6.01. The van der Waals surface area contributed by atoms with Gasteiger partial charge in [-0.15, -0.1) is 0 Å². The SMILES string of the molecule is CCOC(=O)CNC(=O)C1(C)Cn2c(ccc2-c2ccco2)C(=O)N1Cc1cc(OC)ccc1OC. The van der Waals surface area contributed by atoms with Crippen molar-refractivity contribution in [1.29, 1.82) is 0 Å². The lowest BCUT2D eigenvalue weighted by molar-refractivity contribution is -0.145. The van der Waals surface area contributed by atoms with Crippen LogP contribution in [0.4, 0.5) is 0 Å². The van der Waals surface area contributed by atoms with Crippen LogP contribution in [0, 0.1) is 0 Å². The molecule has 0 radical (unpaired) electrons. The third-order valence-electron chi connectivity index (χ3n) is 6.28. The molecular formula is C26H29N3O7. The number of ether oxygens (including phenoxy) is 3. The molecular weight excluding hydrogens is 466 g/mol. The standard InChI is InChI=1S/C26H29N3O7/c1-5-35-23(30)14-27-25(32)26(2)16-28-19(22-7-6-12-36-22)9-10-20(28)24(31)29(26)15-17-13-18(33-3)8-11-21(17)34-4/h6-13H,5,14-16H2,1-4H3,(H,27,32). The highest BCUT2D eigenvalue weighted by Crippen LogP contribution is 2.36. The van der Waals surface area contributed by atoms with Gasteiger partial charge in [-0.3, -0.25) is 14.4 Å². The third-order valence-corrected chi connectivity index (χ3v) is 6.28. The summed E-state index contributed by atoms with van der Waals surface area (Å²) in [5, 5.41) is 2.64. The van der Waals surface area contributed by atoms with Crippen molar-refractivity contribution in [3.8, 4) is 23.0 Å². The average molecular weight is 496 g/mol. The van der Waals surface area contributed by atoms with Crippen LogP contribution in [0.5, 0.6) is 11.5 Å². The summed E-state index contributed by atoms with van der Waals surface area (Å²) in [5.41, 5.74) is 0.400. The summed E-state index contributed by atoms with van der Waals surface area (Å²) in [4.78, 5) is 40.8. The van der Waals surface area contributed by atoms with Crippen molar-refractivity contribution >= 4 is 17.8 Å². The van der Waals surface area contributed by atoms with Crippen LogP contribution >= 0.6 is 0 Å². The number of hydrogen-bond donors (Lipinski definition) is 1. The number of aromatic nitrogens is 1. The van der Waals surface area contributed by atoms with Gasteiger partial charge in [0, 0.05) is 5.56 Å². The van der Waals surface area contributed by atoms with Crippen molar-refractivity contribution in [3.63, 3.8) is 0 Å². The molecule has 10 nitrogen and oxygen atoms in total. The minimum Gasteiger partial charge on any atom is -0.497 e. The van der Waals surface area contributed by atoms with Gasteiger partial charge in [-0.2, -0.15) is 0 Å². The Morgan fingerprint density at radius 3 is 2.56 bits per heavy atom. The number of esters is 1. The maximum absolute atomic E-state index is 13.8. The van der Waals surface area contributed by atoms with E-state index < -0.39 is 17.4 Å². The number of benzene rings is 1. The molecule has 3 heterocycles. The second-order valence-corrected chi connectivity index (χ2v) is 8.50. The minimum absolute atomic E-state index is 0.0732. The molecule has 0 spiro atoms. The Balaban J connectivity index is 1.75. The van der Waals surface area contributed by atoms with E-state index in [4.69, 9.17) is 18.6 Å². The monoisotopic (exact) mass is 495 g/mol. The van der Waals surface area contributed by atoms with Gasteiger partial charge in [-0.1, -0.05) is 0 Å². The van der Waals surface area contributed by atoms with Gasteiger partial charge in [-0.25, -0.2) is 0 Å². The number of carbonyl (C=O) groups excluding carboxylic acids is 3. The highest BCUT2D eigenvalue weighted by atomic mass is 16.5. The first-order chi connectivity index (χ1) is 17.3. The number of carbonyl (C=O) groups is 3. The van der Waals surface area contributed by atoms with Crippen LogP contribution in [0.3, 0.4) is 0 Å². The van der Waals surface area contributed by atoms with E-state index in [1.54, 1.807) is 74.3 Å². The molecule has 2 aromatic heterocycles. The quantitative estimate of drug-likeness (QED) is 0.454. The maximum Gasteiger partial charge on any atom is 0.325 e. The molecule has 0 aliphatic carbocycles. The predicted molar refractivity (Wildman–Crippen MR) is 130 cm³/mol. The fourth-order valence-electron chi connectivity index (χ4n) is 4.39. The molecule has 2 amide bonds. The molecule has 1 aliphatic heterocycles. The Hall–Kier alpha value is -4.21. The number of amides is 2. The Labute approximate surface area is 208 Å². The van der Waals surface area contributed by atoms with E-state index in [2.05, 4.69) is 5.32 Å². The predicted octanol–water partition coefficient (Wildman–Crippen LogP) is 2.86. The van der Waals surface area contributed by atoms with Crippen molar-refractivity contribution in [2.24, 2.45) is 0 Å². The van der Waals surface area contributed by atoms with Crippen LogP contribution in [0.25, 0.3) is 11.5 Å². The zero-order valence-corrected chi connectivity index (χ0v) is 20.7. The number of nitrogens with zero attached hydrogens (tertiary/aromatic N) is 2. The van der Waals surface area contributed by atoms with Crippen molar-refractivity contribution in [3.05, 3.63) is 60.0 Å². The molecule has 3 aromatic rings.